The topological polar surface area (TPSA) is 43.4 Å². The lowest BCUT2D eigenvalue weighted by Gasteiger charge is -2.32. The first kappa shape index (κ1) is 21.5. The summed E-state index contributed by atoms with van der Waals surface area (Å²) in [7, 11) is -1.33. The van der Waals surface area contributed by atoms with Gasteiger partial charge < -0.3 is 4.74 Å². The number of esters is 1. The molecule has 0 bridgehead atoms. The van der Waals surface area contributed by atoms with Gasteiger partial charge in [0.05, 0.1) is 12.7 Å². The second-order valence-corrected chi connectivity index (χ2v) is 11.7. The van der Waals surface area contributed by atoms with Gasteiger partial charge in [0, 0.05) is 5.56 Å². The maximum absolute atomic E-state index is 12.7. The first-order valence-corrected chi connectivity index (χ1v) is 13.0. The first-order chi connectivity index (χ1) is 15.6. The predicted molar refractivity (Wildman–Crippen MR) is 132 cm³/mol. The predicted octanol–water partition coefficient (Wildman–Crippen LogP) is 4.05. The maximum Gasteiger partial charge on any atom is 0.337 e. The molecule has 4 aromatic rings. The number of ether oxygens (including phenoxy) is 1. The molecule has 0 aromatic heterocycles. The minimum Gasteiger partial charge on any atom is -0.465 e. The summed E-state index contributed by atoms with van der Waals surface area (Å²) in [6.45, 7) is 2.19. The van der Waals surface area contributed by atoms with E-state index < -0.39 is 8.07 Å². The van der Waals surface area contributed by atoms with Crippen LogP contribution in [0.5, 0.6) is 0 Å². The van der Waals surface area contributed by atoms with Crippen molar-refractivity contribution in [1.82, 2.24) is 0 Å². The van der Waals surface area contributed by atoms with Crippen LogP contribution >= 0.6 is 0 Å². The maximum atomic E-state index is 12.7. The molecule has 0 amide bonds. The van der Waals surface area contributed by atoms with E-state index in [-0.39, 0.29) is 5.97 Å². The van der Waals surface area contributed by atoms with Crippen LogP contribution in [0.2, 0.25) is 6.55 Å². The summed E-state index contributed by atoms with van der Waals surface area (Å²) in [6, 6.07) is 33.9. The van der Waals surface area contributed by atoms with E-state index >= 15 is 0 Å². The summed E-state index contributed by atoms with van der Waals surface area (Å²) in [5.41, 5.74) is 3.45. The molecule has 0 radical (unpaired) electrons. The fourth-order valence-corrected chi connectivity index (χ4v) is 8.39. The van der Waals surface area contributed by atoms with Crippen LogP contribution in [0.25, 0.3) is 11.1 Å². The van der Waals surface area contributed by atoms with E-state index in [4.69, 9.17) is 4.74 Å². The van der Waals surface area contributed by atoms with Gasteiger partial charge in [-0.15, -0.1) is 0 Å². The van der Waals surface area contributed by atoms with E-state index in [0.29, 0.717) is 11.1 Å². The van der Waals surface area contributed by atoms with Gasteiger partial charge in [-0.25, -0.2) is 4.79 Å². The zero-order chi connectivity index (χ0) is 22.6. The highest BCUT2D eigenvalue weighted by atomic mass is 28.3. The lowest BCUT2D eigenvalue weighted by atomic mass is 10.1. The Bertz CT molecular complexity index is 1250. The fraction of sp³-hybridized carbons (Fsp3) is 0.0714. The Labute approximate surface area is 189 Å². The number of methoxy groups -OCH3 is 1. The molecular formula is C28H24O3Si. The Hall–Kier alpha value is -3.76. The Morgan fingerprint density at radius 3 is 1.94 bits per heavy atom. The summed E-state index contributed by atoms with van der Waals surface area (Å²) >= 11 is 0. The molecule has 0 saturated carbocycles. The Balaban J connectivity index is 1.96. The van der Waals surface area contributed by atoms with Crippen molar-refractivity contribution >= 4 is 35.9 Å². The molecule has 158 valence electrons. The van der Waals surface area contributed by atoms with Crippen LogP contribution in [0.1, 0.15) is 20.7 Å². The molecular weight excluding hydrogens is 412 g/mol. The highest BCUT2D eigenvalue weighted by molar-refractivity contribution is 7.11. The van der Waals surface area contributed by atoms with Crippen LogP contribution in [0, 0.1) is 0 Å². The SMILES string of the molecule is COC(=O)c1ccccc1[Si@@](C)(c1ccc(-c2ccccc2)cc1)c1ccccc1C=O. The number of carbonyl (C=O) groups is 2. The third kappa shape index (κ3) is 3.81. The third-order valence-corrected chi connectivity index (χ3v) is 10.6. The summed E-state index contributed by atoms with van der Waals surface area (Å²) in [4.78, 5) is 24.6. The largest absolute Gasteiger partial charge is 0.465 e. The van der Waals surface area contributed by atoms with E-state index in [1.165, 1.54) is 7.11 Å². The zero-order valence-corrected chi connectivity index (χ0v) is 19.1. The van der Waals surface area contributed by atoms with Crippen molar-refractivity contribution in [3.05, 3.63) is 114 Å². The van der Waals surface area contributed by atoms with Gasteiger partial charge in [0.2, 0.25) is 0 Å². The quantitative estimate of drug-likeness (QED) is 0.198. The molecule has 0 aliphatic carbocycles. The molecule has 0 unspecified atom stereocenters. The average Bonchev–Trinajstić information content (AvgIpc) is 2.88. The summed E-state index contributed by atoms with van der Waals surface area (Å²) in [5, 5.41) is 3.01. The molecule has 0 saturated heterocycles. The molecule has 0 N–H and O–H groups in total. The molecule has 4 rings (SSSR count). The van der Waals surface area contributed by atoms with Crippen LogP contribution in [0.4, 0.5) is 0 Å². The fourth-order valence-electron chi connectivity index (χ4n) is 4.34. The molecule has 0 heterocycles. The lowest BCUT2D eigenvalue weighted by Crippen LogP contribution is -2.66. The Morgan fingerprint density at radius 2 is 1.28 bits per heavy atom. The molecule has 1 atom stereocenters. The van der Waals surface area contributed by atoms with Gasteiger partial charge >= 0.3 is 5.97 Å². The monoisotopic (exact) mass is 436 g/mol. The van der Waals surface area contributed by atoms with Crippen molar-refractivity contribution in [2.75, 3.05) is 7.11 Å². The average molecular weight is 437 g/mol. The Kier molecular flexibility index (Phi) is 6.15. The van der Waals surface area contributed by atoms with Crippen molar-refractivity contribution in [1.29, 1.82) is 0 Å². The smallest absolute Gasteiger partial charge is 0.337 e. The molecule has 0 fully saturated rings. The first-order valence-electron chi connectivity index (χ1n) is 10.5. The van der Waals surface area contributed by atoms with Crippen LogP contribution in [0.15, 0.2) is 103 Å². The minimum atomic E-state index is -2.72. The van der Waals surface area contributed by atoms with Gasteiger partial charge in [-0.2, -0.15) is 0 Å². The van der Waals surface area contributed by atoms with Crippen molar-refractivity contribution in [2.45, 2.75) is 6.55 Å². The number of benzene rings is 4. The lowest BCUT2D eigenvalue weighted by molar-refractivity contribution is 0.0602. The molecule has 0 aliphatic heterocycles. The van der Waals surface area contributed by atoms with Gasteiger partial charge in [-0.3, -0.25) is 4.79 Å². The molecule has 32 heavy (non-hydrogen) atoms. The number of hydrogen-bond acceptors (Lipinski definition) is 3. The van der Waals surface area contributed by atoms with Crippen molar-refractivity contribution in [3.8, 4) is 11.1 Å². The van der Waals surface area contributed by atoms with Crippen LogP contribution < -0.4 is 15.6 Å². The molecule has 3 nitrogen and oxygen atoms in total. The zero-order valence-electron chi connectivity index (χ0n) is 18.1. The van der Waals surface area contributed by atoms with E-state index in [1.807, 2.05) is 60.7 Å². The van der Waals surface area contributed by atoms with Gasteiger partial charge in [-0.05, 0) is 32.8 Å². The van der Waals surface area contributed by atoms with Crippen LogP contribution in [-0.4, -0.2) is 27.4 Å². The third-order valence-electron chi connectivity index (χ3n) is 6.07. The molecule has 0 spiro atoms. The van der Waals surface area contributed by atoms with E-state index in [9.17, 15) is 9.59 Å². The highest BCUT2D eigenvalue weighted by Crippen LogP contribution is 2.19. The number of aldehydes is 1. The molecule has 0 aliphatic rings. The van der Waals surface area contributed by atoms with E-state index in [1.54, 1.807) is 6.07 Å². The summed E-state index contributed by atoms with van der Waals surface area (Å²) in [5.74, 6) is -0.371. The molecule has 4 aromatic carbocycles. The number of hydrogen-bond donors (Lipinski definition) is 0. The second kappa shape index (κ2) is 9.16. The van der Waals surface area contributed by atoms with Crippen molar-refractivity contribution < 1.29 is 14.3 Å². The van der Waals surface area contributed by atoms with Gasteiger partial charge in [0.25, 0.3) is 0 Å². The van der Waals surface area contributed by atoms with E-state index in [0.717, 1.165) is 33.0 Å². The number of carbonyl (C=O) groups excluding carboxylic acids is 2. The normalized spacial score (nSPS) is 12.6. The van der Waals surface area contributed by atoms with E-state index in [2.05, 4.69) is 42.9 Å². The second-order valence-electron chi connectivity index (χ2n) is 7.81. The van der Waals surface area contributed by atoms with Gasteiger partial charge in [0.1, 0.15) is 14.4 Å². The number of rotatable bonds is 6. The van der Waals surface area contributed by atoms with Gasteiger partial charge in [-0.1, -0.05) is 104 Å². The minimum absolute atomic E-state index is 0.371. The highest BCUT2D eigenvalue weighted by Gasteiger charge is 2.38. The summed E-state index contributed by atoms with van der Waals surface area (Å²) in [6.07, 6.45) is 0.902. The van der Waals surface area contributed by atoms with Crippen LogP contribution in [-0.2, 0) is 4.74 Å². The van der Waals surface area contributed by atoms with Crippen molar-refractivity contribution in [2.24, 2.45) is 0 Å². The summed E-state index contributed by atoms with van der Waals surface area (Å²) < 4.78 is 5.09. The van der Waals surface area contributed by atoms with Gasteiger partial charge in [0.15, 0.2) is 0 Å². The standard InChI is InChI=1S/C28H24O3Si/c1-31-28(30)25-13-7-9-15-27(25)32(2,26-14-8-6-12-23(26)20-29)24-18-16-22(17-19-24)21-10-4-3-5-11-21/h3-20H,1-2H3/t32-/m0/s1. The van der Waals surface area contributed by atoms with Crippen molar-refractivity contribution in [3.63, 3.8) is 0 Å². The molecule has 4 heteroatoms. The van der Waals surface area contributed by atoms with Crippen LogP contribution in [0.3, 0.4) is 0 Å². The Morgan fingerprint density at radius 1 is 0.719 bits per heavy atom.